The summed E-state index contributed by atoms with van der Waals surface area (Å²) in [6.45, 7) is 5.33. The van der Waals surface area contributed by atoms with E-state index in [2.05, 4.69) is 11.1 Å². The third-order valence-corrected chi connectivity index (χ3v) is 3.21. The molecule has 0 spiro atoms. The van der Waals surface area contributed by atoms with E-state index in [9.17, 15) is 0 Å². The van der Waals surface area contributed by atoms with Crippen LogP contribution in [0, 0.1) is 13.8 Å². The van der Waals surface area contributed by atoms with E-state index in [0.29, 0.717) is 6.54 Å². The van der Waals surface area contributed by atoms with Crippen LogP contribution in [-0.4, -0.2) is 24.5 Å². The molecule has 0 amide bonds. The van der Waals surface area contributed by atoms with E-state index in [0.717, 1.165) is 29.3 Å². The average molecular weight is 226 g/mol. The average Bonchev–Trinajstić information content (AvgIpc) is 2.17. The Morgan fingerprint density at radius 3 is 2.80 bits per heavy atom. The number of hydrogen-bond acceptors (Lipinski definition) is 4. The molecule has 84 valence electrons. The van der Waals surface area contributed by atoms with Crippen molar-refractivity contribution in [2.45, 2.75) is 25.3 Å². The van der Waals surface area contributed by atoms with Gasteiger partial charge in [0.25, 0.3) is 0 Å². The molecular formula is C11H18N2OS. The van der Waals surface area contributed by atoms with Gasteiger partial charge in [-0.3, -0.25) is 4.98 Å². The number of aromatic nitrogens is 1. The molecule has 4 heteroatoms. The lowest BCUT2D eigenvalue weighted by Gasteiger charge is -2.10. The normalized spacial score (nSPS) is 10.7. The van der Waals surface area contributed by atoms with E-state index in [1.165, 1.54) is 4.90 Å². The molecule has 0 saturated heterocycles. The summed E-state index contributed by atoms with van der Waals surface area (Å²) in [7, 11) is 1.72. The first-order valence-electron chi connectivity index (χ1n) is 4.98. The smallest absolute Gasteiger partial charge is 0.0556 e. The lowest BCUT2D eigenvalue weighted by atomic mass is 10.2. The second-order valence-corrected chi connectivity index (χ2v) is 4.51. The van der Waals surface area contributed by atoms with Crippen LogP contribution in [0.3, 0.4) is 0 Å². The van der Waals surface area contributed by atoms with E-state index >= 15 is 0 Å². The lowest BCUT2D eigenvalue weighted by molar-refractivity contribution is 0.218. The van der Waals surface area contributed by atoms with Crippen LogP contribution in [0.1, 0.15) is 17.0 Å². The van der Waals surface area contributed by atoms with Crippen molar-refractivity contribution < 1.29 is 4.74 Å². The first-order chi connectivity index (χ1) is 7.19. The van der Waals surface area contributed by atoms with Gasteiger partial charge >= 0.3 is 0 Å². The molecule has 3 nitrogen and oxygen atoms in total. The van der Waals surface area contributed by atoms with Gasteiger partial charge in [0.05, 0.1) is 6.61 Å². The van der Waals surface area contributed by atoms with E-state index in [1.807, 2.05) is 13.8 Å². The second kappa shape index (κ2) is 6.10. The fourth-order valence-electron chi connectivity index (χ4n) is 1.43. The Morgan fingerprint density at radius 1 is 1.47 bits per heavy atom. The summed E-state index contributed by atoms with van der Waals surface area (Å²) in [5.41, 5.74) is 8.96. The summed E-state index contributed by atoms with van der Waals surface area (Å²) in [6.07, 6.45) is 0. The zero-order chi connectivity index (χ0) is 11.3. The highest BCUT2D eigenvalue weighted by Crippen LogP contribution is 2.24. The number of aryl methyl sites for hydroxylation is 2. The third-order valence-electron chi connectivity index (χ3n) is 2.17. The van der Waals surface area contributed by atoms with Crippen molar-refractivity contribution in [1.29, 1.82) is 0 Å². The maximum absolute atomic E-state index is 5.72. The molecule has 0 aliphatic carbocycles. The van der Waals surface area contributed by atoms with Crippen molar-refractivity contribution in [2.75, 3.05) is 19.5 Å². The van der Waals surface area contributed by atoms with Gasteiger partial charge in [-0.15, -0.1) is 11.8 Å². The minimum atomic E-state index is 0.550. The molecular weight excluding hydrogens is 208 g/mol. The van der Waals surface area contributed by atoms with Crippen molar-refractivity contribution in [3.8, 4) is 0 Å². The predicted molar refractivity (Wildman–Crippen MR) is 64.2 cm³/mol. The number of pyridine rings is 1. The highest BCUT2D eigenvalue weighted by Gasteiger charge is 2.07. The van der Waals surface area contributed by atoms with Crippen LogP contribution in [0.15, 0.2) is 11.0 Å². The van der Waals surface area contributed by atoms with Crippen molar-refractivity contribution in [1.82, 2.24) is 4.98 Å². The van der Waals surface area contributed by atoms with Crippen LogP contribution in [0.2, 0.25) is 0 Å². The molecule has 0 aliphatic rings. The molecule has 0 fully saturated rings. The molecule has 1 heterocycles. The van der Waals surface area contributed by atoms with Crippen LogP contribution < -0.4 is 5.73 Å². The van der Waals surface area contributed by atoms with E-state index in [4.69, 9.17) is 10.5 Å². The van der Waals surface area contributed by atoms with Gasteiger partial charge in [-0.25, -0.2) is 0 Å². The molecule has 0 aromatic carbocycles. The maximum Gasteiger partial charge on any atom is 0.0556 e. The van der Waals surface area contributed by atoms with Crippen molar-refractivity contribution in [3.05, 3.63) is 23.0 Å². The second-order valence-electron chi connectivity index (χ2n) is 3.37. The highest BCUT2D eigenvalue weighted by molar-refractivity contribution is 7.99. The fraction of sp³-hybridized carbons (Fsp3) is 0.545. The predicted octanol–water partition coefficient (Wildman–Crippen LogP) is 1.90. The Hall–Kier alpha value is -0.580. The molecule has 2 N–H and O–H groups in total. The van der Waals surface area contributed by atoms with Gasteiger partial charge < -0.3 is 10.5 Å². The van der Waals surface area contributed by atoms with Crippen molar-refractivity contribution >= 4 is 11.8 Å². The molecule has 1 aromatic heterocycles. The number of ether oxygens (including phenoxy) is 1. The molecule has 0 bridgehead atoms. The van der Waals surface area contributed by atoms with Gasteiger partial charge in [0, 0.05) is 41.3 Å². The Morgan fingerprint density at radius 2 is 2.20 bits per heavy atom. The van der Waals surface area contributed by atoms with E-state index < -0.39 is 0 Å². The van der Waals surface area contributed by atoms with Crippen molar-refractivity contribution in [3.63, 3.8) is 0 Å². The monoisotopic (exact) mass is 226 g/mol. The largest absolute Gasteiger partial charge is 0.384 e. The van der Waals surface area contributed by atoms with Crippen LogP contribution in [0.25, 0.3) is 0 Å². The number of nitrogens with two attached hydrogens (primary N) is 1. The SMILES string of the molecule is COCCSc1cc(C)nc(C)c1CN. The maximum atomic E-state index is 5.72. The van der Waals surface area contributed by atoms with Gasteiger partial charge in [-0.05, 0) is 19.9 Å². The summed E-state index contributed by atoms with van der Waals surface area (Å²) in [4.78, 5) is 5.64. The standard InChI is InChI=1S/C11H18N2OS/c1-8-6-11(15-5-4-14-3)10(7-12)9(2)13-8/h6H,4-5,7,12H2,1-3H3. The van der Waals surface area contributed by atoms with Gasteiger partial charge in [-0.2, -0.15) is 0 Å². The Bertz CT molecular complexity index is 329. The molecule has 0 aliphatic heterocycles. The number of rotatable bonds is 5. The van der Waals surface area contributed by atoms with Crippen molar-refractivity contribution in [2.24, 2.45) is 5.73 Å². The molecule has 1 rings (SSSR count). The summed E-state index contributed by atoms with van der Waals surface area (Å²) >= 11 is 1.78. The van der Waals surface area contributed by atoms with E-state index in [1.54, 1.807) is 18.9 Å². The topological polar surface area (TPSA) is 48.1 Å². The van der Waals surface area contributed by atoms with Crippen LogP contribution >= 0.6 is 11.8 Å². The molecule has 0 unspecified atom stereocenters. The molecule has 0 radical (unpaired) electrons. The fourth-order valence-corrected chi connectivity index (χ4v) is 2.56. The Labute approximate surface area is 95.4 Å². The van der Waals surface area contributed by atoms with Gasteiger partial charge in [0.2, 0.25) is 0 Å². The van der Waals surface area contributed by atoms with E-state index in [-0.39, 0.29) is 0 Å². The van der Waals surface area contributed by atoms with Crippen LogP contribution in [0.5, 0.6) is 0 Å². The summed E-state index contributed by atoms with van der Waals surface area (Å²) in [5.74, 6) is 0.951. The number of thioether (sulfide) groups is 1. The van der Waals surface area contributed by atoms with Crippen LogP contribution in [-0.2, 0) is 11.3 Å². The molecule has 0 atom stereocenters. The minimum Gasteiger partial charge on any atom is -0.384 e. The first kappa shape index (κ1) is 12.5. The molecule has 1 aromatic rings. The number of methoxy groups -OCH3 is 1. The summed E-state index contributed by atoms with van der Waals surface area (Å²) in [6, 6.07) is 2.09. The summed E-state index contributed by atoms with van der Waals surface area (Å²) < 4.78 is 5.03. The summed E-state index contributed by atoms with van der Waals surface area (Å²) in [5, 5.41) is 0. The van der Waals surface area contributed by atoms with Crippen LogP contribution in [0.4, 0.5) is 0 Å². The molecule has 0 saturated carbocycles. The lowest BCUT2D eigenvalue weighted by Crippen LogP contribution is -2.05. The third kappa shape index (κ3) is 3.48. The van der Waals surface area contributed by atoms with Gasteiger partial charge in [0.1, 0.15) is 0 Å². The number of hydrogen-bond donors (Lipinski definition) is 1. The Balaban J connectivity index is 2.84. The van der Waals surface area contributed by atoms with Gasteiger partial charge in [-0.1, -0.05) is 0 Å². The Kier molecular flexibility index (Phi) is 5.08. The molecule has 15 heavy (non-hydrogen) atoms. The minimum absolute atomic E-state index is 0.550. The van der Waals surface area contributed by atoms with Gasteiger partial charge in [0.15, 0.2) is 0 Å². The zero-order valence-corrected chi connectivity index (χ0v) is 10.4. The highest BCUT2D eigenvalue weighted by atomic mass is 32.2. The quantitative estimate of drug-likeness (QED) is 0.615. The first-order valence-corrected chi connectivity index (χ1v) is 5.96. The zero-order valence-electron chi connectivity index (χ0n) is 9.54. The number of nitrogens with zero attached hydrogens (tertiary/aromatic N) is 1.